The Kier molecular flexibility index (Phi) is 7.99. The minimum atomic E-state index is -1.64. The lowest BCUT2D eigenvalue weighted by Crippen LogP contribution is -2.37. The number of carbonyl (C=O) groups is 1. The van der Waals surface area contributed by atoms with E-state index in [9.17, 15) is 14.3 Å². The maximum atomic E-state index is 14.3. The number of hydrogen-bond acceptors (Lipinski definition) is 8. The number of ether oxygens (including phenoxy) is 1. The first-order valence-electron chi connectivity index (χ1n) is 12.3. The molecule has 196 valence electrons. The van der Waals surface area contributed by atoms with E-state index in [0.717, 1.165) is 35.6 Å². The largest absolute Gasteiger partial charge is 0.394 e. The van der Waals surface area contributed by atoms with Crippen molar-refractivity contribution >= 4 is 23.2 Å². The number of aliphatic hydroxyl groups excluding tert-OH is 1. The third kappa shape index (κ3) is 6.58. The van der Waals surface area contributed by atoms with E-state index >= 15 is 0 Å². The molecule has 0 unspecified atom stereocenters. The highest BCUT2D eigenvalue weighted by Gasteiger charge is 2.22. The van der Waals surface area contributed by atoms with E-state index < -0.39 is 11.6 Å². The van der Waals surface area contributed by atoms with Gasteiger partial charge in [0.15, 0.2) is 5.69 Å². The number of aromatic nitrogens is 3. The zero-order valence-electron chi connectivity index (χ0n) is 21.6. The molecule has 0 aliphatic carbocycles. The molecule has 10 heteroatoms. The Morgan fingerprint density at radius 2 is 1.97 bits per heavy atom. The Hall–Kier alpha value is -3.63. The second-order valence-corrected chi connectivity index (χ2v) is 9.71. The predicted octanol–water partition coefficient (Wildman–Crippen LogP) is 3.93. The van der Waals surface area contributed by atoms with Gasteiger partial charge in [0.2, 0.25) is 0 Å². The lowest BCUT2D eigenvalue weighted by atomic mass is 10.00. The standard InChI is InChI=1S/C27H33FN6O3/c1-17-5-6-21(31-26(36)23-13-20(15-29-33-23)27(3,4)28)14-22(17)19-11-24(30-18(2)16-35)32-25(12-19)34-7-9-37-10-8-34/h5-6,11-15,18,35H,7-10,16H2,1-4H3,(H,30,32)(H,31,36)/t18-/m1/s1. The van der Waals surface area contributed by atoms with Gasteiger partial charge in [-0.3, -0.25) is 4.79 Å². The van der Waals surface area contributed by atoms with Gasteiger partial charge in [-0.25, -0.2) is 9.37 Å². The van der Waals surface area contributed by atoms with Crippen molar-refractivity contribution in [3.8, 4) is 11.1 Å². The molecule has 0 spiro atoms. The number of anilines is 3. The van der Waals surface area contributed by atoms with Crippen LogP contribution in [0.3, 0.4) is 0 Å². The monoisotopic (exact) mass is 508 g/mol. The number of rotatable bonds is 8. The molecule has 1 saturated heterocycles. The predicted molar refractivity (Wildman–Crippen MR) is 142 cm³/mol. The van der Waals surface area contributed by atoms with Crippen molar-refractivity contribution in [2.24, 2.45) is 0 Å². The quantitative estimate of drug-likeness (QED) is 0.420. The molecule has 3 aromatic rings. The van der Waals surface area contributed by atoms with E-state index in [1.165, 1.54) is 26.1 Å². The lowest BCUT2D eigenvalue weighted by Gasteiger charge is -2.29. The van der Waals surface area contributed by atoms with E-state index in [2.05, 4.69) is 25.7 Å². The number of hydrogen-bond donors (Lipinski definition) is 3. The summed E-state index contributed by atoms with van der Waals surface area (Å²) in [7, 11) is 0. The highest BCUT2D eigenvalue weighted by Crippen LogP contribution is 2.32. The van der Waals surface area contributed by atoms with Crippen molar-refractivity contribution in [2.75, 3.05) is 48.4 Å². The molecule has 0 radical (unpaired) electrons. The fourth-order valence-electron chi connectivity index (χ4n) is 4.01. The molecular formula is C27H33FN6O3. The number of aryl methyl sites for hydroxylation is 1. The zero-order valence-corrected chi connectivity index (χ0v) is 21.6. The van der Waals surface area contributed by atoms with Crippen molar-refractivity contribution in [3.63, 3.8) is 0 Å². The normalized spacial score (nSPS) is 14.8. The molecule has 0 bridgehead atoms. The lowest BCUT2D eigenvalue weighted by molar-refractivity contribution is 0.102. The van der Waals surface area contributed by atoms with E-state index in [4.69, 9.17) is 9.72 Å². The fourth-order valence-corrected chi connectivity index (χ4v) is 4.01. The van der Waals surface area contributed by atoms with Crippen molar-refractivity contribution in [3.05, 3.63) is 59.4 Å². The maximum Gasteiger partial charge on any atom is 0.276 e. The molecule has 1 aliphatic rings. The van der Waals surface area contributed by atoms with Gasteiger partial charge in [-0.2, -0.15) is 5.10 Å². The van der Waals surface area contributed by atoms with Crippen LogP contribution < -0.4 is 15.5 Å². The Morgan fingerprint density at radius 3 is 2.68 bits per heavy atom. The van der Waals surface area contributed by atoms with Crippen LogP contribution in [-0.2, 0) is 10.4 Å². The van der Waals surface area contributed by atoms with Crippen molar-refractivity contribution < 1.29 is 19.0 Å². The third-order valence-electron chi connectivity index (χ3n) is 6.20. The second-order valence-electron chi connectivity index (χ2n) is 9.71. The number of pyridine rings is 1. The average molecular weight is 509 g/mol. The molecule has 1 aliphatic heterocycles. The van der Waals surface area contributed by atoms with Crippen LogP contribution in [0.4, 0.5) is 21.7 Å². The van der Waals surface area contributed by atoms with E-state index in [1.807, 2.05) is 44.2 Å². The molecule has 37 heavy (non-hydrogen) atoms. The zero-order chi connectivity index (χ0) is 26.6. The van der Waals surface area contributed by atoms with E-state index in [1.54, 1.807) is 0 Å². The van der Waals surface area contributed by atoms with Crippen LogP contribution in [0, 0.1) is 6.92 Å². The number of nitrogens with zero attached hydrogens (tertiary/aromatic N) is 4. The summed E-state index contributed by atoms with van der Waals surface area (Å²) < 4.78 is 19.8. The van der Waals surface area contributed by atoms with Crippen LogP contribution in [0.15, 0.2) is 42.6 Å². The maximum absolute atomic E-state index is 14.3. The van der Waals surface area contributed by atoms with Crippen molar-refractivity contribution in [2.45, 2.75) is 39.4 Å². The summed E-state index contributed by atoms with van der Waals surface area (Å²) in [4.78, 5) is 19.8. The highest BCUT2D eigenvalue weighted by atomic mass is 19.1. The number of nitrogens with one attached hydrogen (secondary N) is 2. The van der Waals surface area contributed by atoms with Gasteiger partial charge in [-0.1, -0.05) is 6.07 Å². The number of benzene rings is 1. The SMILES string of the molecule is Cc1ccc(NC(=O)c2cc(C(C)(C)F)cnn2)cc1-c1cc(N[C@H](C)CO)nc(N2CCOCC2)c1. The van der Waals surface area contributed by atoms with Gasteiger partial charge >= 0.3 is 0 Å². The molecule has 1 atom stereocenters. The summed E-state index contributed by atoms with van der Waals surface area (Å²) in [5, 5.41) is 23.3. The Bertz CT molecular complexity index is 1260. The minimum absolute atomic E-state index is 0.0248. The second kappa shape index (κ2) is 11.2. The van der Waals surface area contributed by atoms with Gasteiger partial charge in [0.25, 0.3) is 5.91 Å². The number of halogens is 1. The van der Waals surface area contributed by atoms with Crippen LogP contribution in [-0.4, -0.2) is 65.1 Å². The van der Waals surface area contributed by atoms with Crippen LogP contribution in [0.1, 0.15) is 42.4 Å². The van der Waals surface area contributed by atoms with Gasteiger partial charge in [0.05, 0.1) is 26.0 Å². The van der Waals surface area contributed by atoms with E-state index in [0.29, 0.717) is 24.7 Å². The summed E-state index contributed by atoms with van der Waals surface area (Å²) in [6, 6.07) is 10.8. The first kappa shape index (κ1) is 26.4. The van der Waals surface area contributed by atoms with Crippen LogP contribution in [0.2, 0.25) is 0 Å². The molecule has 1 fully saturated rings. The molecule has 1 aromatic carbocycles. The van der Waals surface area contributed by atoms with Crippen molar-refractivity contribution in [1.82, 2.24) is 15.2 Å². The summed E-state index contributed by atoms with van der Waals surface area (Å²) in [5.41, 5.74) is 2.09. The van der Waals surface area contributed by atoms with Crippen LogP contribution in [0.25, 0.3) is 11.1 Å². The highest BCUT2D eigenvalue weighted by molar-refractivity contribution is 6.03. The van der Waals surface area contributed by atoms with Gasteiger partial charge in [-0.05, 0) is 74.7 Å². The molecule has 1 amide bonds. The molecule has 9 nitrogen and oxygen atoms in total. The molecule has 3 N–H and O–H groups in total. The van der Waals surface area contributed by atoms with Gasteiger partial charge < -0.3 is 25.4 Å². The topological polar surface area (TPSA) is 112 Å². The number of carbonyl (C=O) groups excluding carboxylic acids is 1. The van der Waals surface area contributed by atoms with Crippen molar-refractivity contribution in [1.29, 1.82) is 0 Å². The van der Waals surface area contributed by atoms with Crippen LogP contribution in [0.5, 0.6) is 0 Å². The summed E-state index contributed by atoms with van der Waals surface area (Å²) >= 11 is 0. The third-order valence-corrected chi connectivity index (χ3v) is 6.20. The Balaban J connectivity index is 1.66. The van der Waals surface area contributed by atoms with Gasteiger partial charge in [0.1, 0.15) is 17.3 Å². The number of aliphatic hydroxyl groups is 1. The number of morpholine rings is 1. The first-order chi connectivity index (χ1) is 17.6. The molecule has 4 rings (SSSR count). The number of amides is 1. The fraction of sp³-hybridized carbons (Fsp3) is 0.407. The molecule has 3 heterocycles. The number of alkyl halides is 1. The van der Waals surface area contributed by atoms with Gasteiger partial charge in [-0.15, -0.1) is 5.10 Å². The Morgan fingerprint density at radius 1 is 1.22 bits per heavy atom. The van der Waals surface area contributed by atoms with E-state index in [-0.39, 0.29) is 23.9 Å². The molecular weight excluding hydrogens is 475 g/mol. The Labute approximate surface area is 216 Å². The molecule has 2 aromatic heterocycles. The smallest absolute Gasteiger partial charge is 0.276 e. The summed E-state index contributed by atoms with van der Waals surface area (Å²) in [6.07, 6.45) is 1.32. The van der Waals surface area contributed by atoms with Gasteiger partial charge in [0, 0.05) is 30.4 Å². The average Bonchev–Trinajstić information content (AvgIpc) is 2.89. The summed E-state index contributed by atoms with van der Waals surface area (Å²) in [6.45, 7) is 9.39. The van der Waals surface area contributed by atoms with Crippen LogP contribution >= 0.6 is 0 Å². The molecule has 0 saturated carbocycles. The first-order valence-corrected chi connectivity index (χ1v) is 12.3. The summed E-state index contributed by atoms with van der Waals surface area (Å²) in [5.74, 6) is 0.981. The minimum Gasteiger partial charge on any atom is -0.394 e.